The zero-order valence-corrected chi connectivity index (χ0v) is 16.6. The van der Waals surface area contributed by atoms with Gasteiger partial charge in [-0.15, -0.1) is 24.0 Å². The molecule has 1 aromatic rings. The molecule has 0 bridgehead atoms. The third-order valence-corrected chi connectivity index (χ3v) is 3.98. The average Bonchev–Trinajstić information content (AvgIpc) is 2.47. The van der Waals surface area contributed by atoms with Gasteiger partial charge in [-0.25, -0.2) is 0 Å². The van der Waals surface area contributed by atoms with Crippen LogP contribution < -0.4 is 11.1 Å². The van der Waals surface area contributed by atoms with Crippen LogP contribution in [0.4, 0.5) is 5.69 Å². The summed E-state index contributed by atoms with van der Waals surface area (Å²) in [4.78, 5) is 4.36. The van der Waals surface area contributed by atoms with Gasteiger partial charge in [-0.3, -0.25) is 4.99 Å². The molecule has 1 fully saturated rings. The molecule has 0 amide bonds. The van der Waals surface area contributed by atoms with E-state index in [-0.39, 0.29) is 24.0 Å². The number of hydrogen-bond donors (Lipinski definition) is 2. The largest absolute Gasteiger partial charge is 0.378 e. The van der Waals surface area contributed by atoms with E-state index in [4.69, 9.17) is 10.5 Å². The van der Waals surface area contributed by atoms with Gasteiger partial charge in [0.15, 0.2) is 5.96 Å². The summed E-state index contributed by atoms with van der Waals surface area (Å²) in [5, 5.41) is 3.15. The standard InChI is InChI=1S/C18H29N3O.HI/c1-14-11-15(2)13-16(12-14)21-18(19)20-9-6-10-22-17-7-4-3-5-8-17;/h11-13,17H,3-10H2,1-2H3,(H3,19,20,21);1H. The number of nitrogens with two attached hydrogens (primary N) is 1. The van der Waals surface area contributed by atoms with E-state index in [1.165, 1.54) is 43.2 Å². The van der Waals surface area contributed by atoms with Crippen molar-refractivity contribution >= 4 is 35.6 Å². The Balaban J connectivity index is 0.00000264. The van der Waals surface area contributed by atoms with Crippen molar-refractivity contribution in [3.63, 3.8) is 0 Å². The Morgan fingerprint density at radius 2 is 1.83 bits per heavy atom. The number of ether oxygens (including phenoxy) is 1. The second-order valence-corrected chi connectivity index (χ2v) is 6.25. The Bertz CT molecular complexity index is 479. The molecule has 5 heteroatoms. The van der Waals surface area contributed by atoms with Crippen molar-refractivity contribution in [1.29, 1.82) is 0 Å². The number of nitrogens with one attached hydrogen (secondary N) is 1. The Kier molecular flexibility index (Phi) is 9.55. The monoisotopic (exact) mass is 431 g/mol. The Morgan fingerprint density at radius 1 is 1.17 bits per heavy atom. The number of aliphatic imine (C=N–C) groups is 1. The smallest absolute Gasteiger partial charge is 0.193 e. The maximum absolute atomic E-state index is 5.93. The zero-order chi connectivity index (χ0) is 15.8. The van der Waals surface area contributed by atoms with Gasteiger partial charge in [-0.1, -0.05) is 25.3 Å². The first-order chi connectivity index (χ1) is 10.6. The van der Waals surface area contributed by atoms with Crippen LogP contribution in [-0.2, 0) is 4.74 Å². The molecule has 1 aliphatic carbocycles. The summed E-state index contributed by atoms with van der Waals surface area (Å²) in [5.41, 5.74) is 9.36. The van der Waals surface area contributed by atoms with Gasteiger partial charge in [-0.2, -0.15) is 0 Å². The highest BCUT2D eigenvalue weighted by Crippen LogP contribution is 2.20. The molecular weight excluding hydrogens is 401 g/mol. The minimum Gasteiger partial charge on any atom is -0.378 e. The summed E-state index contributed by atoms with van der Waals surface area (Å²) < 4.78 is 5.88. The van der Waals surface area contributed by atoms with Crippen molar-refractivity contribution in [2.75, 3.05) is 18.5 Å². The summed E-state index contributed by atoms with van der Waals surface area (Å²) in [6.45, 7) is 5.64. The van der Waals surface area contributed by atoms with E-state index in [0.717, 1.165) is 18.7 Å². The van der Waals surface area contributed by atoms with Gasteiger partial charge in [0, 0.05) is 18.8 Å². The predicted molar refractivity (Wildman–Crippen MR) is 109 cm³/mol. The molecule has 0 unspecified atom stereocenters. The second-order valence-electron chi connectivity index (χ2n) is 6.25. The quantitative estimate of drug-likeness (QED) is 0.304. The van der Waals surface area contributed by atoms with Crippen LogP contribution in [0.15, 0.2) is 23.2 Å². The SMILES string of the molecule is Cc1cc(C)cc(NC(N)=NCCCOC2CCCCC2)c1.I. The summed E-state index contributed by atoms with van der Waals surface area (Å²) in [7, 11) is 0. The molecule has 0 radical (unpaired) electrons. The van der Waals surface area contributed by atoms with Crippen LogP contribution in [-0.4, -0.2) is 25.2 Å². The molecule has 0 aromatic heterocycles. The highest BCUT2D eigenvalue weighted by Gasteiger charge is 2.12. The summed E-state index contributed by atoms with van der Waals surface area (Å²) >= 11 is 0. The van der Waals surface area contributed by atoms with Crippen LogP contribution in [0.5, 0.6) is 0 Å². The maximum atomic E-state index is 5.93. The van der Waals surface area contributed by atoms with Crippen molar-refractivity contribution in [3.8, 4) is 0 Å². The van der Waals surface area contributed by atoms with Crippen LogP contribution in [0.1, 0.15) is 49.7 Å². The topological polar surface area (TPSA) is 59.6 Å². The van der Waals surface area contributed by atoms with E-state index in [0.29, 0.717) is 18.6 Å². The van der Waals surface area contributed by atoms with Crippen LogP contribution in [0.2, 0.25) is 0 Å². The van der Waals surface area contributed by atoms with Crippen molar-refractivity contribution < 1.29 is 4.74 Å². The minimum absolute atomic E-state index is 0. The number of anilines is 1. The molecule has 23 heavy (non-hydrogen) atoms. The number of hydrogen-bond acceptors (Lipinski definition) is 2. The van der Waals surface area contributed by atoms with Crippen molar-refractivity contribution in [2.24, 2.45) is 10.7 Å². The van der Waals surface area contributed by atoms with Crippen molar-refractivity contribution in [1.82, 2.24) is 0 Å². The molecule has 1 aromatic carbocycles. The van der Waals surface area contributed by atoms with Gasteiger partial charge in [0.2, 0.25) is 0 Å². The van der Waals surface area contributed by atoms with Gasteiger partial charge >= 0.3 is 0 Å². The van der Waals surface area contributed by atoms with Crippen LogP contribution in [0.25, 0.3) is 0 Å². The van der Waals surface area contributed by atoms with E-state index in [9.17, 15) is 0 Å². The van der Waals surface area contributed by atoms with E-state index in [2.05, 4.69) is 42.4 Å². The molecule has 0 spiro atoms. The van der Waals surface area contributed by atoms with E-state index in [1.54, 1.807) is 0 Å². The molecule has 0 saturated heterocycles. The van der Waals surface area contributed by atoms with Crippen molar-refractivity contribution in [3.05, 3.63) is 29.3 Å². The predicted octanol–water partition coefficient (Wildman–Crippen LogP) is 4.39. The van der Waals surface area contributed by atoms with Gasteiger partial charge in [0.05, 0.1) is 6.10 Å². The summed E-state index contributed by atoms with van der Waals surface area (Å²) in [6, 6.07) is 6.28. The lowest BCUT2D eigenvalue weighted by molar-refractivity contribution is 0.0281. The molecule has 4 nitrogen and oxygen atoms in total. The normalized spacial score (nSPS) is 16.0. The lowest BCUT2D eigenvalue weighted by atomic mass is 9.98. The van der Waals surface area contributed by atoms with Crippen LogP contribution in [0.3, 0.4) is 0 Å². The number of guanidine groups is 1. The molecule has 0 aliphatic heterocycles. The fraction of sp³-hybridized carbons (Fsp3) is 0.611. The molecule has 0 atom stereocenters. The highest BCUT2D eigenvalue weighted by molar-refractivity contribution is 14.0. The first-order valence-electron chi connectivity index (χ1n) is 8.40. The van der Waals surface area contributed by atoms with E-state index < -0.39 is 0 Å². The number of aryl methyl sites for hydroxylation is 2. The first kappa shape index (κ1) is 20.2. The maximum Gasteiger partial charge on any atom is 0.193 e. The molecule has 0 heterocycles. The Morgan fingerprint density at radius 3 is 2.48 bits per heavy atom. The lowest BCUT2D eigenvalue weighted by Gasteiger charge is -2.21. The van der Waals surface area contributed by atoms with Gasteiger partial charge in [0.25, 0.3) is 0 Å². The molecule has 2 rings (SSSR count). The zero-order valence-electron chi connectivity index (χ0n) is 14.3. The highest BCUT2D eigenvalue weighted by atomic mass is 127. The third kappa shape index (κ3) is 8.01. The fourth-order valence-corrected chi connectivity index (χ4v) is 2.98. The molecule has 1 saturated carbocycles. The average molecular weight is 431 g/mol. The van der Waals surface area contributed by atoms with Gasteiger partial charge in [0.1, 0.15) is 0 Å². The van der Waals surface area contributed by atoms with Crippen LogP contribution in [0, 0.1) is 13.8 Å². The fourth-order valence-electron chi connectivity index (χ4n) is 2.98. The summed E-state index contributed by atoms with van der Waals surface area (Å²) in [6.07, 6.45) is 7.84. The Hall–Kier alpha value is -0.820. The van der Waals surface area contributed by atoms with Crippen molar-refractivity contribution in [2.45, 2.75) is 58.5 Å². The number of nitrogens with zero attached hydrogens (tertiary/aromatic N) is 1. The van der Waals surface area contributed by atoms with E-state index in [1.807, 2.05) is 0 Å². The van der Waals surface area contributed by atoms with Gasteiger partial charge < -0.3 is 15.8 Å². The minimum atomic E-state index is 0. The lowest BCUT2D eigenvalue weighted by Crippen LogP contribution is -2.23. The molecule has 1 aliphatic rings. The van der Waals surface area contributed by atoms with Crippen LogP contribution >= 0.6 is 24.0 Å². The molecule has 3 N–H and O–H groups in total. The Labute approximate surface area is 157 Å². The number of rotatable bonds is 6. The summed E-state index contributed by atoms with van der Waals surface area (Å²) in [5.74, 6) is 0.475. The first-order valence-corrected chi connectivity index (χ1v) is 8.40. The molecular formula is C18H30IN3O. The van der Waals surface area contributed by atoms with E-state index >= 15 is 0 Å². The number of halogens is 1. The van der Waals surface area contributed by atoms with Gasteiger partial charge in [-0.05, 0) is 56.4 Å². The number of benzene rings is 1. The third-order valence-electron chi connectivity index (χ3n) is 3.98. The second kappa shape index (κ2) is 10.9. The molecule has 130 valence electrons.